The zero-order valence-corrected chi connectivity index (χ0v) is 6.95. The Balaban J connectivity index is 0.000000211. The second kappa shape index (κ2) is 6.82. The van der Waals surface area contributed by atoms with E-state index in [9.17, 15) is 4.79 Å². The minimum atomic E-state index is -1.15. The van der Waals surface area contributed by atoms with Gasteiger partial charge in [0.05, 0.1) is 12.2 Å². The summed E-state index contributed by atoms with van der Waals surface area (Å²) in [5, 5.41) is 15.9. The summed E-state index contributed by atoms with van der Waals surface area (Å²) >= 11 is 0. The molecular formula is C8H14O4. The standard InChI is InChI=1S/C4H6O3.C4H8O/c1-3(2-5)4(6)7;1-2-4-5-3-1/h5H,1-2H2,(H,6,7);1-4H2. The van der Waals surface area contributed by atoms with Crippen LogP contribution in [0.25, 0.3) is 0 Å². The van der Waals surface area contributed by atoms with Crippen molar-refractivity contribution < 1.29 is 19.7 Å². The van der Waals surface area contributed by atoms with Gasteiger partial charge < -0.3 is 14.9 Å². The number of hydrogen-bond donors (Lipinski definition) is 2. The van der Waals surface area contributed by atoms with Gasteiger partial charge in [-0.1, -0.05) is 6.58 Å². The second-order valence-electron chi connectivity index (χ2n) is 2.39. The van der Waals surface area contributed by atoms with Crippen LogP contribution in [0, 0.1) is 0 Å². The summed E-state index contributed by atoms with van der Waals surface area (Å²) in [6.45, 7) is 4.55. The van der Waals surface area contributed by atoms with E-state index in [0.717, 1.165) is 13.2 Å². The van der Waals surface area contributed by atoms with Crippen molar-refractivity contribution in [2.24, 2.45) is 0 Å². The molecule has 0 bridgehead atoms. The Labute approximate surface area is 71.5 Å². The molecule has 0 unspecified atom stereocenters. The summed E-state index contributed by atoms with van der Waals surface area (Å²) in [4.78, 5) is 9.67. The van der Waals surface area contributed by atoms with Gasteiger partial charge in [-0.3, -0.25) is 0 Å². The topological polar surface area (TPSA) is 66.8 Å². The third-order valence-corrected chi connectivity index (χ3v) is 1.32. The molecule has 0 aliphatic carbocycles. The molecule has 0 aromatic heterocycles. The average Bonchev–Trinajstić information content (AvgIpc) is 2.59. The maximum Gasteiger partial charge on any atom is 0.333 e. The summed E-state index contributed by atoms with van der Waals surface area (Å²) in [6.07, 6.45) is 2.56. The average molecular weight is 174 g/mol. The molecule has 1 aliphatic heterocycles. The van der Waals surface area contributed by atoms with Crippen molar-refractivity contribution in [1.29, 1.82) is 0 Å². The maximum absolute atomic E-state index is 9.67. The van der Waals surface area contributed by atoms with E-state index in [4.69, 9.17) is 14.9 Å². The highest BCUT2D eigenvalue weighted by Gasteiger charge is 1.97. The number of hydrogen-bond acceptors (Lipinski definition) is 3. The van der Waals surface area contributed by atoms with Crippen LogP contribution in [0.3, 0.4) is 0 Å². The molecule has 0 aromatic rings. The van der Waals surface area contributed by atoms with Crippen molar-refractivity contribution in [1.82, 2.24) is 0 Å². The first-order valence-electron chi connectivity index (χ1n) is 3.78. The van der Waals surface area contributed by atoms with Gasteiger partial charge in [0.15, 0.2) is 0 Å². The molecule has 0 amide bonds. The van der Waals surface area contributed by atoms with Gasteiger partial charge in [-0.05, 0) is 12.8 Å². The van der Waals surface area contributed by atoms with Gasteiger partial charge in [-0.15, -0.1) is 0 Å². The first-order valence-corrected chi connectivity index (χ1v) is 3.78. The molecule has 0 saturated carbocycles. The molecule has 70 valence electrons. The molecule has 1 saturated heterocycles. The third kappa shape index (κ3) is 5.88. The lowest BCUT2D eigenvalue weighted by Gasteiger charge is -1.87. The van der Waals surface area contributed by atoms with Crippen molar-refractivity contribution >= 4 is 5.97 Å². The molecule has 0 atom stereocenters. The Morgan fingerprint density at radius 2 is 1.92 bits per heavy atom. The number of aliphatic hydroxyl groups excluding tert-OH is 1. The van der Waals surface area contributed by atoms with Crippen LogP contribution in [0.15, 0.2) is 12.2 Å². The fourth-order valence-electron chi connectivity index (χ4n) is 0.578. The number of aliphatic carboxylic acids is 1. The van der Waals surface area contributed by atoms with Gasteiger partial charge in [0.2, 0.25) is 0 Å². The second-order valence-corrected chi connectivity index (χ2v) is 2.39. The zero-order chi connectivity index (χ0) is 9.40. The van der Waals surface area contributed by atoms with Crippen LogP contribution in [0.2, 0.25) is 0 Å². The van der Waals surface area contributed by atoms with Gasteiger partial charge in [-0.2, -0.15) is 0 Å². The highest BCUT2D eigenvalue weighted by atomic mass is 16.5. The van der Waals surface area contributed by atoms with E-state index in [-0.39, 0.29) is 5.57 Å². The van der Waals surface area contributed by atoms with Crippen LogP contribution in [0.4, 0.5) is 0 Å². The maximum atomic E-state index is 9.67. The Bertz CT molecular complexity index is 142. The van der Waals surface area contributed by atoms with Gasteiger partial charge in [0, 0.05) is 13.2 Å². The van der Waals surface area contributed by atoms with Crippen molar-refractivity contribution in [3.8, 4) is 0 Å². The number of ether oxygens (including phenoxy) is 1. The van der Waals surface area contributed by atoms with E-state index in [2.05, 4.69) is 6.58 Å². The first kappa shape index (κ1) is 11.1. The molecule has 0 spiro atoms. The molecule has 1 aliphatic rings. The lowest BCUT2D eigenvalue weighted by Crippen LogP contribution is -2.01. The molecule has 1 heterocycles. The predicted octanol–water partition coefficient (Wildman–Crippen LogP) is 0.416. The lowest BCUT2D eigenvalue weighted by atomic mass is 10.3. The molecule has 1 fully saturated rings. The number of carbonyl (C=O) groups is 1. The summed E-state index contributed by atoms with van der Waals surface area (Å²) in [5.74, 6) is -1.15. The van der Waals surface area contributed by atoms with Crippen molar-refractivity contribution in [3.63, 3.8) is 0 Å². The van der Waals surface area contributed by atoms with Gasteiger partial charge >= 0.3 is 5.97 Å². The Morgan fingerprint density at radius 1 is 1.42 bits per heavy atom. The smallest absolute Gasteiger partial charge is 0.333 e. The van der Waals surface area contributed by atoms with Crippen molar-refractivity contribution in [2.45, 2.75) is 12.8 Å². The molecule has 0 radical (unpaired) electrons. The molecule has 0 aromatic carbocycles. The van der Waals surface area contributed by atoms with Crippen LogP contribution in [-0.2, 0) is 9.53 Å². The van der Waals surface area contributed by atoms with Gasteiger partial charge in [0.25, 0.3) is 0 Å². The minimum absolute atomic E-state index is 0.181. The number of rotatable bonds is 2. The van der Waals surface area contributed by atoms with Gasteiger partial charge in [-0.25, -0.2) is 4.79 Å². The van der Waals surface area contributed by atoms with E-state index in [1.807, 2.05) is 0 Å². The fraction of sp³-hybridized carbons (Fsp3) is 0.625. The normalized spacial score (nSPS) is 14.8. The molecule has 1 rings (SSSR count). The summed E-state index contributed by atoms with van der Waals surface area (Å²) in [5.41, 5.74) is -0.181. The monoisotopic (exact) mass is 174 g/mol. The molecule has 2 N–H and O–H groups in total. The quantitative estimate of drug-likeness (QED) is 0.595. The molecular weight excluding hydrogens is 160 g/mol. The summed E-state index contributed by atoms with van der Waals surface area (Å²) < 4.78 is 4.94. The molecule has 12 heavy (non-hydrogen) atoms. The zero-order valence-electron chi connectivity index (χ0n) is 6.95. The minimum Gasteiger partial charge on any atom is -0.478 e. The number of carboxylic acids is 1. The highest BCUT2D eigenvalue weighted by Crippen LogP contribution is 1.98. The summed E-state index contributed by atoms with van der Waals surface area (Å²) in [6, 6.07) is 0. The molecule has 4 heteroatoms. The van der Waals surface area contributed by atoms with Crippen LogP contribution in [-0.4, -0.2) is 36.0 Å². The van der Waals surface area contributed by atoms with E-state index in [0.29, 0.717) is 0 Å². The van der Waals surface area contributed by atoms with E-state index in [1.54, 1.807) is 0 Å². The number of carboxylic acid groups (broad SMARTS) is 1. The third-order valence-electron chi connectivity index (χ3n) is 1.32. The SMILES string of the molecule is C1CCOC1.C=C(CO)C(=O)O. The Hall–Kier alpha value is -0.870. The largest absolute Gasteiger partial charge is 0.478 e. The van der Waals surface area contributed by atoms with Crippen LogP contribution in [0.5, 0.6) is 0 Å². The van der Waals surface area contributed by atoms with Gasteiger partial charge in [0.1, 0.15) is 0 Å². The van der Waals surface area contributed by atoms with Crippen molar-refractivity contribution in [2.75, 3.05) is 19.8 Å². The summed E-state index contributed by atoms with van der Waals surface area (Å²) in [7, 11) is 0. The Kier molecular flexibility index (Phi) is 6.32. The van der Waals surface area contributed by atoms with Crippen LogP contribution >= 0.6 is 0 Å². The van der Waals surface area contributed by atoms with E-state index < -0.39 is 12.6 Å². The lowest BCUT2D eigenvalue weighted by molar-refractivity contribution is -0.133. The highest BCUT2D eigenvalue weighted by molar-refractivity contribution is 5.85. The van der Waals surface area contributed by atoms with Crippen LogP contribution in [0.1, 0.15) is 12.8 Å². The van der Waals surface area contributed by atoms with Crippen molar-refractivity contribution in [3.05, 3.63) is 12.2 Å². The van der Waals surface area contributed by atoms with E-state index in [1.165, 1.54) is 12.8 Å². The first-order chi connectivity index (χ1) is 5.68. The van der Waals surface area contributed by atoms with E-state index >= 15 is 0 Å². The Morgan fingerprint density at radius 3 is 2.00 bits per heavy atom. The predicted molar refractivity (Wildman–Crippen MR) is 43.9 cm³/mol. The fourth-order valence-corrected chi connectivity index (χ4v) is 0.578. The number of aliphatic hydroxyl groups is 1. The van der Waals surface area contributed by atoms with Crippen LogP contribution < -0.4 is 0 Å². The molecule has 4 nitrogen and oxygen atoms in total.